The summed E-state index contributed by atoms with van der Waals surface area (Å²) < 4.78 is 22.4. The first-order valence-electron chi connectivity index (χ1n) is 13.9. The molecule has 0 aliphatic heterocycles. The number of benzene rings is 2. The lowest BCUT2D eigenvalue weighted by Crippen LogP contribution is -2.35. The van der Waals surface area contributed by atoms with E-state index < -0.39 is 12.1 Å². The van der Waals surface area contributed by atoms with Gasteiger partial charge in [-0.2, -0.15) is 0 Å². The summed E-state index contributed by atoms with van der Waals surface area (Å²) in [7, 11) is 3.19. The molecule has 0 heterocycles. The highest BCUT2D eigenvalue weighted by molar-refractivity contribution is 5.78. The molecule has 8 heteroatoms. The number of amides is 1. The third-order valence-electron chi connectivity index (χ3n) is 6.80. The Balaban J connectivity index is 2.11. The van der Waals surface area contributed by atoms with E-state index in [1.807, 2.05) is 42.2 Å². The van der Waals surface area contributed by atoms with Crippen molar-refractivity contribution in [3.8, 4) is 17.2 Å². The normalized spacial score (nSPS) is 12.4. The maximum Gasteiger partial charge on any atom is 0.333 e. The van der Waals surface area contributed by atoms with Crippen LogP contribution in [0.2, 0.25) is 0 Å². The number of ether oxygens (including phenoxy) is 4. The first kappa shape index (κ1) is 32.0. The van der Waals surface area contributed by atoms with Gasteiger partial charge < -0.3 is 29.0 Å². The van der Waals surface area contributed by atoms with E-state index in [0.29, 0.717) is 43.4 Å². The van der Waals surface area contributed by atoms with Gasteiger partial charge in [-0.3, -0.25) is 4.79 Å². The topological polar surface area (TPSA) is 94.5 Å². The number of methoxy groups -OCH3 is 2. The van der Waals surface area contributed by atoms with Gasteiger partial charge in [0.2, 0.25) is 0 Å². The Bertz CT molecular complexity index is 1010. The van der Waals surface area contributed by atoms with Gasteiger partial charge in [-0.15, -0.1) is 0 Å². The molecule has 39 heavy (non-hydrogen) atoms. The zero-order valence-electron chi connectivity index (χ0n) is 24.1. The van der Waals surface area contributed by atoms with E-state index in [-0.39, 0.29) is 18.4 Å². The van der Waals surface area contributed by atoms with Crippen LogP contribution in [0.25, 0.3) is 0 Å². The van der Waals surface area contributed by atoms with Crippen LogP contribution in [0.1, 0.15) is 76.3 Å². The van der Waals surface area contributed by atoms with Crippen molar-refractivity contribution < 1.29 is 33.6 Å². The minimum absolute atomic E-state index is 0.103. The molecule has 0 radical (unpaired) electrons. The Morgan fingerprint density at radius 1 is 0.923 bits per heavy atom. The molecule has 0 spiro atoms. The lowest BCUT2D eigenvalue weighted by atomic mass is 9.91. The summed E-state index contributed by atoms with van der Waals surface area (Å²) in [5.41, 5.74) is 1.73. The molecule has 2 rings (SSSR count). The fourth-order valence-electron chi connectivity index (χ4n) is 4.69. The second-order valence-corrected chi connectivity index (χ2v) is 9.47. The van der Waals surface area contributed by atoms with E-state index >= 15 is 0 Å². The Morgan fingerprint density at radius 3 is 2.23 bits per heavy atom. The van der Waals surface area contributed by atoms with Gasteiger partial charge in [0.05, 0.1) is 14.2 Å². The molecular formula is C31H45NO7. The van der Waals surface area contributed by atoms with Crippen LogP contribution in [0.3, 0.4) is 0 Å². The van der Waals surface area contributed by atoms with Crippen molar-refractivity contribution in [2.45, 2.75) is 77.9 Å². The number of unbranched alkanes of at least 4 members (excludes halogenated alkanes) is 4. The van der Waals surface area contributed by atoms with Crippen molar-refractivity contribution in [3.63, 3.8) is 0 Å². The van der Waals surface area contributed by atoms with Crippen LogP contribution in [0.4, 0.5) is 0 Å². The van der Waals surface area contributed by atoms with Gasteiger partial charge in [-0.1, -0.05) is 63.8 Å². The maximum atomic E-state index is 13.3. The molecule has 2 aromatic carbocycles. The van der Waals surface area contributed by atoms with E-state index in [9.17, 15) is 14.7 Å². The number of carboxylic acids is 1. The summed E-state index contributed by atoms with van der Waals surface area (Å²) in [5, 5.41) is 9.58. The standard InChI is InChI=1S/C31H45NO7/c1-6-9-10-11-12-20-32(21-24-14-13-15-27(36-4)29(24)37-5)28(33)22-39-25-18-16-23(17-19-25)26(7-2)30(31(34)35)38-8-3/h13-19,26,30H,6-12,20-22H2,1-5H3,(H,34,35)/t26?,30-/m0/s1. The first-order valence-corrected chi connectivity index (χ1v) is 13.9. The summed E-state index contributed by atoms with van der Waals surface area (Å²) in [5.74, 6) is 0.426. The molecule has 0 saturated carbocycles. The number of hydrogen-bond acceptors (Lipinski definition) is 6. The van der Waals surface area contributed by atoms with E-state index in [2.05, 4.69) is 6.92 Å². The Labute approximate surface area is 233 Å². The van der Waals surface area contributed by atoms with Crippen molar-refractivity contribution in [3.05, 3.63) is 53.6 Å². The van der Waals surface area contributed by atoms with E-state index in [1.54, 1.807) is 33.3 Å². The molecule has 0 aliphatic rings. The average Bonchev–Trinajstić information content (AvgIpc) is 2.95. The van der Waals surface area contributed by atoms with Crippen molar-refractivity contribution in [1.82, 2.24) is 4.90 Å². The molecule has 2 atom stereocenters. The molecule has 0 aromatic heterocycles. The summed E-state index contributed by atoms with van der Waals surface area (Å²) in [6.07, 6.45) is 5.19. The third kappa shape index (κ3) is 9.77. The molecule has 1 amide bonds. The zero-order valence-corrected chi connectivity index (χ0v) is 24.1. The molecule has 216 valence electrons. The van der Waals surface area contributed by atoms with Gasteiger partial charge >= 0.3 is 5.97 Å². The second-order valence-electron chi connectivity index (χ2n) is 9.47. The largest absolute Gasteiger partial charge is 0.493 e. The van der Waals surface area contributed by atoms with Crippen molar-refractivity contribution in [1.29, 1.82) is 0 Å². The average molecular weight is 544 g/mol. The van der Waals surface area contributed by atoms with Crippen LogP contribution in [-0.4, -0.2) is 62.0 Å². The SMILES string of the molecule is CCCCCCCN(Cc1cccc(OC)c1OC)C(=O)COc1ccc(C(CC)[C@H](OCC)C(=O)O)cc1. The van der Waals surface area contributed by atoms with Gasteiger partial charge in [0, 0.05) is 31.2 Å². The van der Waals surface area contributed by atoms with E-state index in [1.165, 1.54) is 6.42 Å². The number of carbonyl (C=O) groups is 2. The number of para-hydroxylation sites is 1. The summed E-state index contributed by atoms with van der Waals surface area (Å²) >= 11 is 0. The third-order valence-corrected chi connectivity index (χ3v) is 6.80. The van der Waals surface area contributed by atoms with Crippen molar-refractivity contribution in [2.75, 3.05) is 34.0 Å². The molecule has 0 saturated heterocycles. The molecule has 1 N–H and O–H groups in total. The summed E-state index contributed by atoms with van der Waals surface area (Å²) in [6, 6.07) is 12.9. The Hall–Kier alpha value is -3.26. The lowest BCUT2D eigenvalue weighted by Gasteiger charge is -2.25. The smallest absolute Gasteiger partial charge is 0.333 e. The van der Waals surface area contributed by atoms with Gasteiger partial charge in [0.1, 0.15) is 5.75 Å². The highest BCUT2D eigenvalue weighted by Crippen LogP contribution is 2.32. The minimum atomic E-state index is -0.975. The van der Waals surface area contributed by atoms with Gasteiger partial charge in [0.25, 0.3) is 5.91 Å². The predicted molar refractivity (Wildman–Crippen MR) is 152 cm³/mol. The number of carbonyl (C=O) groups excluding carboxylic acids is 1. The van der Waals surface area contributed by atoms with Gasteiger partial charge in [-0.05, 0) is 43.5 Å². The fourth-order valence-corrected chi connectivity index (χ4v) is 4.69. The first-order chi connectivity index (χ1) is 18.9. The molecule has 1 unspecified atom stereocenters. The summed E-state index contributed by atoms with van der Waals surface area (Å²) in [6.45, 7) is 7.15. The number of carboxylic acid groups (broad SMARTS) is 1. The van der Waals surface area contributed by atoms with E-state index in [0.717, 1.165) is 36.8 Å². The highest BCUT2D eigenvalue weighted by Gasteiger charge is 2.28. The monoisotopic (exact) mass is 543 g/mol. The van der Waals surface area contributed by atoms with Gasteiger partial charge in [-0.25, -0.2) is 4.79 Å². The Kier molecular flexibility index (Phi) is 14.2. The van der Waals surface area contributed by atoms with Crippen LogP contribution in [0, 0.1) is 0 Å². The maximum absolute atomic E-state index is 13.3. The second kappa shape index (κ2) is 17.4. The highest BCUT2D eigenvalue weighted by atomic mass is 16.5. The number of aliphatic carboxylic acids is 1. The van der Waals surface area contributed by atoms with E-state index in [4.69, 9.17) is 18.9 Å². The summed E-state index contributed by atoms with van der Waals surface area (Å²) in [4.78, 5) is 26.8. The van der Waals surface area contributed by atoms with Crippen LogP contribution < -0.4 is 14.2 Å². The van der Waals surface area contributed by atoms with Gasteiger partial charge in [0.15, 0.2) is 24.2 Å². The molecule has 8 nitrogen and oxygen atoms in total. The molecule has 0 bridgehead atoms. The molecular weight excluding hydrogens is 498 g/mol. The van der Waals surface area contributed by atoms with Crippen molar-refractivity contribution in [2.24, 2.45) is 0 Å². The van der Waals surface area contributed by atoms with Crippen LogP contribution >= 0.6 is 0 Å². The number of rotatable bonds is 19. The predicted octanol–water partition coefficient (Wildman–Crippen LogP) is 6.07. The number of hydrogen-bond donors (Lipinski definition) is 1. The van der Waals surface area contributed by atoms with Crippen LogP contribution in [0.5, 0.6) is 17.2 Å². The van der Waals surface area contributed by atoms with Crippen LogP contribution in [-0.2, 0) is 20.9 Å². The lowest BCUT2D eigenvalue weighted by molar-refractivity contribution is -0.151. The zero-order chi connectivity index (χ0) is 28.6. The molecule has 2 aromatic rings. The molecule has 0 fully saturated rings. The number of nitrogens with zero attached hydrogens (tertiary/aromatic N) is 1. The van der Waals surface area contributed by atoms with Crippen molar-refractivity contribution >= 4 is 11.9 Å². The van der Waals surface area contributed by atoms with Crippen LogP contribution in [0.15, 0.2) is 42.5 Å². The fraction of sp³-hybridized carbons (Fsp3) is 0.548. The minimum Gasteiger partial charge on any atom is -0.493 e. The Morgan fingerprint density at radius 2 is 1.64 bits per heavy atom. The molecule has 0 aliphatic carbocycles. The quantitative estimate of drug-likeness (QED) is 0.215.